The van der Waals surface area contributed by atoms with Crippen molar-refractivity contribution in [3.8, 4) is 0 Å². The summed E-state index contributed by atoms with van der Waals surface area (Å²) >= 11 is 5.84. The molecule has 0 saturated heterocycles. The highest BCUT2D eigenvalue weighted by Gasteiger charge is 2.45. The molecule has 106 valence electrons. The van der Waals surface area contributed by atoms with E-state index >= 15 is 0 Å². The molecule has 1 aliphatic rings. The summed E-state index contributed by atoms with van der Waals surface area (Å²) in [7, 11) is 0. The van der Waals surface area contributed by atoms with Crippen LogP contribution in [-0.4, -0.2) is 11.5 Å². The van der Waals surface area contributed by atoms with Gasteiger partial charge in [0.2, 0.25) is 0 Å². The number of rotatable bonds is 4. The van der Waals surface area contributed by atoms with Crippen molar-refractivity contribution in [1.82, 2.24) is 4.98 Å². The number of pyridine rings is 1. The molecule has 2 nitrogen and oxygen atoms in total. The molecule has 19 heavy (non-hydrogen) atoms. The van der Waals surface area contributed by atoms with Crippen molar-refractivity contribution < 1.29 is 13.2 Å². The summed E-state index contributed by atoms with van der Waals surface area (Å²) in [5.74, 6) is 0.856. The van der Waals surface area contributed by atoms with Crippen molar-refractivity contribution in [2.24, 2.45) is 11.3 Å². The molecule has 0 spiro atoms. The first-order valence-electron chi connectivity index (χ1n) is 6.21. The van der Waals surface area contributed by atoms with Crippen LogP contribution in [-0.2, 0) is 6.18 Å². The summed E-state index contributed by atoms with van der Waals surface area (Å²) in [6, 6.07) is 0.909. The van der Waals surface area contributed by atoms with Crippen LogP contribution in [0.1, 0.15) is 32.3 Å². The smallest absolute Gasteiger partial charge is 0.368 e. The van der Waals surface area contributed by atoms with E-state index in [0.29, 0.717) is 18.3 Å². The van der Waals surface area contributed by atoms with E-state index in [9.17, 15) is 13.2 Å². The molecule has 0 bridgehead atoms. The lowest BCUT2D eigenvalue weighted by Gasteiger charge is -2.21. The maximum absolute atomic E-state index is 12.5. The predicted octanol–water partition coefficient (Wildman–Crippen LogP) is 4.60. The average Bonchev–Trinajstić information content (AvgIpc) is 3.07. The fraction of sp³-hybridized carbons (Fsp3) is 0.615. The molecule has 2 rings (SSSR count). The molecule has 0 aromatic carbocycles. The van der Waals surface area contributed by atoms with E-state index in [4.69, 9.17) is 11.6 Å². The van der Waals surface area contributed by atoms with Crippen LogP contribution in [0.4, 0.5) is 19.0 Å². The van der Waals surface area contributed by atoms with Crippen molar-refractivity contribution in [3.05, 3.63) is 22.8 Å². The van der Waals surface area contributed by atoms with Crippen LogP contribution in [0.2, 0.25) is 5.02 Å². The van der Waals surface area contributed by atoms with E-state index < -0.39 is 11.7 Å². The Bertz CT molecular complexity index is 467. The van der Waals surface area contributed by atoms with Gasteiger partial charge in [-0.1, -0.05) is 25.4 Å². The Balaban J connectivity index is 2.06. The van der Waals surface area contributed by atoms with Gasteiger partial charge in [-0.25, -0.2) is 4.98 Å². The van der Waals surface area contributed by atoms with Gasteiger partial charge in [0.25, 0.3) is 0 Å². The van der Waals surface area contributed by atoms with Gasteiger partial charge in [-0.05, 0) is 30.2 Å². The SMILES string of the molecule is CC(C)C1(CNc2ncc(C(F)(F)F)cc2Cl)CC1. The van der Waals surface area contributed by atoms with Crippen LogP contribution in [0.5, 0.6) is 0 Å². The predicted molar refractivity (Wildman–Crippen MR) is 69.2 cm³/mol. The Labute approximate surface area is 115 Å². The van der Waals surface area contributed by atoms with Crippen molar-refractivity contribution in [2.45, 2.75) is 32.9 Å². The van der Waals surface area contributed by atoms with E-state index in [1.54, 1.807) is 0 Å². The van der Waals surface area contributed by atoms with E-state index in [-0.39, 0.29) is 10.4 Å². The minimum atomic E-state index is -4.41. The maximum atomic E-state index is 12.5. The van der Waals surface area contributed by atoms with Gasteiger partial charge in [0, 0.05) is 12.7 Å². The lowest BCUT2D eigenvalue weighted by molar-refractivity contribution is -0.137. The molecule has 0 aliphatic heterocycles. The molecule has 0 unspecified atom stereocenters. The summed E-state index contributed by atoms with van der Waals surface area (Å²) in [5.41, 5.74) is -0.582. The van der Waals surface area contributed by atoms with Gasteiger partial charge in [-0.3, -0.25) is 0 Å². The Kier molecular flexibility index (Phi) is 3.69. The van der Waals surface area contributed by atoms with Gasteiger partial charge in [-0.15, -0.1) is 0 Å². The van der Waals surface area contributed by atoms with Crippen molar-refractivity contribution in [3.63, 3.8) is 0 Å². The lowest BCUT2D eigenvalue weighted by Crippen LogP contribution is -2.21. The highest BCUT2D eigenvalue weighted by Crippen LogP contribution is 2.51. The maximum Gasteiger partial charge on any atom is 0.417 e. The number of nitrogens with zero attached hydrogens (tertiary/aromatic N) is 1. The molecule has 1 aliphatic carbocycles. The van der Waals surface area contributed by atoms with Crippen molar-refractivity contribution in [2.75, 3.05) is 11.9 Å². The second kappa shape index (κ2) is 4.85. The molecule has 1 aromatic heterocycles. The number of alkyl halides is 3. The van der Waals surface area contributed by atoms with Crippen LogP contribution in [0.25, 0.3) is 0 Å². The summed E-state index contributed by atoms with van der Waals surface area (Å²) < 4.78 is 37.4. The highest BCUT2D eigenvalue weighted by atomic mass is 35.5. The van der Waals surface area contributed by atoms with Gasteiger partial charge < -0.3 is 5.32 Å². The second-order valence-corrected chi connectivity index (χ2v) is 5.83. The molecule has 0 amide bonds. The summed E-state index contributed by atoms with van der Waals surface area (Å²) in [6.45, 7) is 5.00. The molecule has 1 saturated carbocycles. The van der Waals surface area contributed by atoms with Crippen LogP contribution < -0.4 is 5.32 Å². The first kappa shape index (κ1) is 14.4. The molecule has 6 heteroatoms. The summed E-state index contributed by atoms with van der Waals surface area (Å²) in [5, 5.41) is 3.07. The molecular weight excluding hydrogens is 277 g/mol. The van der Waals surface area contributed by atoms with Gasteiger partial charge in [0.05, 0.1) is 10.6 Å². The Morgan fingerprint density at radius 2 is 2.05 bits per heavy atom. The van der Waals surface area contributed by atoms with Gasteiger partial charge >= 0.3 is 6.18 Å². The topological polar surface area (TPSA) is 24.9 Å². The van der Waals surface area contributed by atoms with E-state index in [1.807, 2.05) is 0 Å². The standard InChI is InChI=1S/C13H16ClF3N2/c1-8(2)12(3-4-12)7-19-11-10(14)5-9(6-18-11)13(15,16)17/h5-6,8H,3-4,7H2,1-2H3,(H,18,19). The average molecular weight is 293 g/mol. The summed E-state index contributed by atoms with van der Waals surface area (Å²) in [6.07, 6.45) is -1.33. The van der Waals surface area contributed by atoms with Crippen molar-refractivity contribution in [1.29, 1.82) is 0 Å². The first-order chi connectivity index (χ1) is 8.74. The number of anilines is 1. The highest BCUT2D eigenvalue weighted by molar-refractivity contribution is 6.32. The number of aromatic nitrogens is 1. The molecule has 0 radical (unpaired) electrons. The van der Waals surface area contributed by atoms with Gasteiger partial charge in [0.1, 0.15) is 5.82 Å². The van der Waals surface area contributed by atoms with E-state index in [1.165, 1.54) is 0 Å². The first-order valence-corrected chi connectivity index (χ1v) is 6.59. The van der Waals surface area contributed by atoms with E-state index in [0.717, 1.165) is 25.1 Å². The van der Waals surface area contributed by atoms with Gasteiger partial charge in [0.15, 0.2) is 0 Å². The van der Waals surface area contributed by atoms with Crippen LogP contribution in [0.15, 0.2) is 12.3 Å². The zero-order valence-electron chi connectivity index (χ0n) is 10.8. The Morgan fingerprint density at radius 1 is 1.42 bits per heavy atom. The number of halogens is 4. The zero-order valence-corrected chi connectivity index (χ0v) is 11.6. The second-order valence-electron chi connectivity index (χ2n) is 5.42. The van der Waals surface area contributed by atoms with Crippen LogP contribution >= 0.6 is 11.6 Å². The Morgan fingerprint density at radius 3 is 2.47 bits per heavy atom. The summed E-state index contributed by atoms with van der Waals surface area (Å²) in [4.78, 5) is 3.77. The normalized spacial score (nSPS) is 17.6. The fourth-order valence-electron chi connectivity index (χ4n) is 2.10. The third-order valence-electron chi connectivity index (χ3n) is 3.89. The number of hydrogen-bond acceptors (Lipinski definition) is 2. The molecule has 1 aromatic rings. The minimum absolute atomic E-state index is 0.00869. The Hall–Kier alpha value is -0.970. The quantitative estimate of drug-likeness (QED) is 0.877. The van der Waals surface area contributed by atoms with Gasteiger partial charge in [-0.2, -0.15) is 13.2 Å². The molecule has 0 atom stereocenters. The molecule has 1 heterocycles. The van der Waals surface area contributed by atoms with E-state index in [2.05, 4.69) is 24.1 Å². The molecule has 1 fully saturated rings. The fourth-order valence-corrected chi connectivity index (χ4v) is 2.33. The lowest BCUT2D eigenvalue weighted by atomic mass is 9.92. The number of nitrogens with one attached hydrogen (secondary N) is 1. The minimum Gasteiger partial charge on any atom is -0.368 e. The monoisotopic (exact) mass is 292 g/mol. The molecular formula is C13H16ClF3N2. The third-order valence-corrected chi connectivity index (χ3v) is 4.18. The molecule has 1 N–H and O–H groups in total. The van der Waals surface area contributed by atoms with Crippen molar-refractivity contribution >= 4 is 17.4 Å². The zero-order chi connectivity index (χ0) is 14.3. The largest absolute Gasteiger partial charge is 0.417 e. The third kappa shape index (κ3) is 3.14. The number of hydrogen-bond donors (Lipinski definition) is 1. The van der Waals surface area contributed by atoms with Crippen LogP contribution in [0.3, 0.4) is 0 Å². The van der Waals surface area contributed by atoms with Crippen LogP contribution in [0, 0.1) is 11.3 Å².